The Hall–Kier alpha value is -1.91. The number of hydrogen-bond donors (Lipinski definition) is 1. The summed E-state index contributed by atoms with van der Waals surface area (Å²) >= 11 is 0. The molecule has 106 valence electrons. The van der Waals surface area contributed by atoms with Gasteiger partial charge in [-0.05, 0) is 29.9 Å². The summed E-state index contributed by atoms with van der Waals surface area (Å²) in [5.74, 6) is 0.833. The lowest BCUT2D eigenvalue weighted by Crippen LogP contribution is -2.36. The van der Waals surface area contributed by atoms with Crippen molar-refractivity contribution in [1.29, 1.82) is 0 Å². The minimum atomic E-state index is 0.261. The Bertz CT molecular complexity index is 632. The third-order valence-electron chi connectivity index (χ3n) is 3.96. The fourth-order valence-electron chi connectivity index (χ4n) is 2.74. The molecule has 2 aromatic heterocycles. The number of aromatic nitrogens is 3. The van der Waals surface area contributed by atoms with Crippen LogP contribution in [-0.4, -0.2) is 32.5 Å². The lowest BCUT2D eigenvalue weighted by Gasteiger charge is -2.29. The molecule has 3 heterocycles. The van der Waals surface area contributed by atoms with Crippen molar-refractivity contribution in [2.24, 2.45) is 5.92 Å². The first-order valence-corrected chi connectivity index (χ1v) is 7.22. The van der Waals surface area contributed by atoms with Gasteiger partial charge in [0.15, 0.2) is 5.65 Å². The van der Waals surface area contributed by atoms with Crippen molar-refractivity contribution < 1.29 is 4.79 Å². The van der Waals surface area contributed by atoms with Gasteiger partial charge in [-0.2, -0.15) is 5.10 Å². The highest BCUT2D eigenvalue weighted by Crippen LogP contribution is 2.25. The zero-order valence-electron chi connectivity index (χ0n) is 12.0. The number of rotatable bonds is 3. The van der Waals surface area contributed by atoms with Gasteiger partial charge >= 0.3 is 0 Å². The van der Waals surface area contributed by atoms with Crippen molar-refractivity contribution in [2.45, 2.75) is 39.7 Å². The normalized spacial score (nSPS) is 14.8. The molecule has 1 N–H and O–H groups in total. The molecule has 0 aromatic carbocycles. The van der Waals surface area contributed by atoms with Gasteiger partial charge in [0.2, 0.25) is 5.91 Å². The van der Waals surface area contributed by atoms with E-state index < -0.39 is 0 Å². The maximum atomic E-state index is 12.2. The first kappa shape index (κ1) is 13.1. The quantitative estimate of drug-likeness (QED) is 0.932. The highest BCUT2D eigenvalue weighted by molar-refractivity contribution is 5.81. The Morgan fingerprint density at radius 2 is 2.30 bits per heavy atom. The Morgan fingerprint density at radius 3 is 3.10 bits per heavy atom. The third-order valence-corrected chi connectivity index (χ3v) is 3.96. The maximum Gasteiger partial charge on any atom is 0.222 e. The van der Waals surface area contributed by atoms with Crippen LogP contribution < -0.4 is 0 Å². The van der Waals surface area contributed by atoms with Crippen molar-refractivity contribution in [3.8, 4) is 0 Å². The van der Waals surface area contributed by atoms with E-state index in [1.807, 2.05) is 17.3 Å². The molecular weight excluding hydrogens is 252 g/mol. The average Bonchev–Trinajstić information content (AvgIpc) is 2.92. The zero-order valence-corrected chi connectivity index (χ0v) is 12.0. The fraction of sp³-hybridized carbons (Fsp3) is 0.533. The van der Waals surface area contributed by atoms with E-state index in [2.05, 4.69) is 29.0 Å². The molecule has 5 heteroatoms. The number of carbonyl (C=O) groups excluding carboxylic acids is 1. The molecule has 0 spiro atoms. The van der Waals surface area contributed by atoms with Crippen LogP contribution in [0.1, 0.15) is 37.8 Å². The highest BCUT2D eigenvalue weighted by atomic mass is 16.2. The van der Waals surface area contributed by atoms with Crippen molar-refractivity contribution in [3.05, 3.63) is 23.5 Å². The zero-order chi connectivity index (χ0) is 14.1. The number of hydrogen-bond acceptors (Lipinski definition) is 3. The topological polar surface area (TPSA) is 61.9 Å². The number of aromatic amines is 1. The molecular formula is C15H20N4O. The molecule has 0 fully saturated rings. The summed E-state index contributed by atoms with van der Waals surface area (Å²) < 4.78 is 0. The standard InChI is InChI=1S/C15H20N4O/c1-10(2)3-4-14(20)19-6-5-12-11(9-19)7-16-15-13(12)8-17-18-15/h7-8,10H,3-6,9H2,1-2H3,(H,16,17,18). The van der Waals surface area contributed by atoms with Crippen LogP contribution in [0.2, 0.25) is 0 Å². The molecule has 0 atom stereocenters. The van der Waals surface area contributed by atoms with Gasteiger partial charge in [0.1, 0.15) is 0 Å². The van der Waals surface area contributed by atoms with Gasteiger partial charge in [-0.3, -0.25) is 9.89 Å². The summed E-state index contributed by atoms with van der Waals surface area (Å²) in [6.45, 7) is 5.78. The van der Waals surface area contributed by atoms with E-state index in [9.17, 15) is 4.79 Å². The van der Waals surface area contributed by atoms with Gasteiger partial charge < -0.3 is 4.90 Å². The summed E-state index contributed by atoms with van der Waals surface area (Å²) in [7, 11) is 0. The molecule has 0 unspecified atom stereocenters. The summed E-state index contributed by atoms with van der Waals surface area (Å²) in [5, 5.41) is 8.03. The lowest BCUT2D eigenvalue weighted by atomic mass is 9.98. The second-order valence-corrected chi connectivity index (χ2v) is 5.89. The van der Waals surface area contributed by atoms with Crippen LogP contribution in [-0.2, 0) is 17.8 Å². The molecule has 1 aliphatic heterocycles. The van der Waals surface area contributed by atoms with Crippen molar-refractivity contribution >= 4 is 16.9 Å². The van der Waals surface area contributed by atoms with E-state index in [1.54, 1.807) is 0 Å². The number of amides is 1. The molecule has 0 aliphatic carbocycles. The van der Waals surface area contributed by atoms with E-state index in [1.165, 1.54) is 5.56 Å². The molecule has 3 rings (SSSR count). The lowest BCUT2D eigenvalue weighted by molar-refractivity contribution is -0.132. The van der Waals surface area contributed by atoms with Crippen LogP contribution in [0, 0.1) is 5.92 Å². The number of H-pyrrole nitrogens is 1. The fourth-order valence-corrected chi connectivity index (χ4v) is 2.74. The third kappa shape index (κ3) is 2.40. The van der Waals surface area contributed by atoms with Crippen molar-refractivity contribution in [2.75, 3.05) is 6.54 Å². The second kappa shape index (κ2) is 5.23. The van der Waals surface area contributed by atoms with Crippen LogP contribution in [0.4, 0.5) is 0 Å². The van der Waals surface area contributed by atoms with E-state index >= 15 is 0 Å². The van der Waals surface area contributed by atoms with Crippen LogP contribution in [0.3, 0.4) is 0 Å². The molecule has 0 saturated carbocycles. The summed E-state index contributed by atoms with van der Waals surface area (Å²) in [6.07, 6.45) is 6.20. The number of nitrogens with one attached hydrogen (secondary N) is 1. The smallest absolute Gasteiger partial charge is 0.222 e. The Morgan fingerprint density at radius 1 is 1.45 bits per heavy atom. The molecule has 1 aliphatic rings. The number of pyridine rings is 1. The molecule has 0 bridgehead atoms. The minimum absolute atomic E-state index is 0.261. The molecule has 5 nitrogen and oxygen atoms in total. The van der Waals surface area contributed by atoms with Gasteiger partial charge in [0.05, 0.1) is 6.20 Å². The number of nitrogens with zero attached hydrogens (tertiary/aromatic N) is 3. The largest absolute Gasteiger partial charge is 0.338 e. The first-order valence-electron chi connectivity index (χ1n) is 7.22. The minimum Gasteiger partial charge on any atom is -0.338 e. The van der Waals surface area contributed by atoms with Crippen molar-refractivity contribution in [3.63, 3.8) is 0 Å². The molecule has 0 saturated heterocycles. The van der Waals surface area contributed by atoms with Gasteiger partial charge in [-0.25, -0.2) is 4.98 Å². The van der Waals surface area contributed by atoms with Crippen LogP contribution in [0.15, 0.2) is 12.4 Å². The summed E-state index contributed by atoms with van der Waals surface area (Å²) in [4.78, 5) is 18.5. The van der Waals surface area contributed by atoms with Crippen LogP contribution in [0.5, 0.6) is 0 Å². The van der Waals surface area contributed by atoms with E-state index in [0.29, 0.717) is 18.9 Å². The molecule has 1 amide bonds. The molecule has 0 radical (unpaired) electrons. The Kier molecular flexibility index (Phi) is 3.42. The predicted molar refractivity (Wildman–Crippen MR) is 77.1 cm³/mol. The van der Waals surface area contributed by atoms with Crippen molar-refractivity contribution in [1.82, 2.24) is 20.1 Å². The van der Waals surface area contributed by atoms with Gasteiger partial charge in [-0.1, -0.05) is 13.8 Å². The van der Waals surface area contributed by atoms with Crippen LogP contribution >= 0.6 is 0 Å². The van der Waals surface area contributed by atoms with Gasteiger partial charge in [0, 0.05) is 31.1 Å². The Labute approximate surface area is 118 Å². The van der Waals surface area contributed by atoms with E-state index in [-0.39, 0.29) is 5.91 Å². The summed E-state index contributed by atoms with van der Waals surface area (Å²) in [5.41, 5.74) is 3.28. The Balaban J connectivity index is 1.76. The molecule has 2 aromatic rings. The SMILES string of the molecule is CC(C)CCC(=O)N1CCc2c(cnc3[nH]ncc23)C1. The highest BCUT2D eigenvalue weighted by Gasteiger charge is 2.22. The number of fused-ring (bicyclic) bond motifs is 3. The van der Waals surface area contributed by atoms with E-state index in [4.69, 9.17) is 0 Å². The van der Waals surface area contributed by atoms with E-state index in [0.717, 1.165) is 36.0 Å². The first-order chi connectivity index (χ1) is 9.65. The van der Waals surface area contributed by atoms with Crippen LogP contribution in [0.25, 0.3) is 11.0 Å². The number of carbonyl (C=O) groups is 1. The molecule has 20 heavy (non-hydrogen) atoms. The predicted octanol–water partition coefficient (Wildman–Crippen LogP) is 2.28. The monoisotopic (exact) mass is 272 g/mol. The maximum absolute atomic E-state index is 12.2. The van der Waals surface area contributed by atoms with Gasteiger partial charge in [-0.15, -0.1) is 0 Å². The van der Waals surface area contributed by atoms with Gasteiger partial charge in [0.25, 0.3) is 0 Å². The summed E-state index contributed by atoms with van der Waals surface area (Å²) in [6, 6.07) is 0. The second-order valence-electron chi connectivity index (χ2n) is 5.89. The average molecular weight is 272 g/mol.